The minimum atomic E-state index is -0.139. The van der Waals surface area contributed by atoms with Crippen molar-refractivity contribution in [2.75, 3.05) is 27.9 Å². The van der Waals surface area contributed by atoms with Crippen LogP contribution in [0.3, 0.4) is 0 Å². The van der Waals surface area contributed by atoms with Gasteiger partial charge in [0.2, 0.25) is 11.7 Å². The first-order chi connectivity index (χ1) is 11.7. The van der Waals surface area contributed by atoms with E-state index in [9.17, 15) is 4.79 Å². The second-order valence-electron chi connectivity index (χ2n) is 4.91. The third-order valence-electron chi connectivity index (χ3n) is 3.36. The summed E-state index contributed by atoms with van der Waals surface area (Å²) < 4.78 is 15.9. The van der Waals surface area contributed by atoms with Gasteiger partial charge in [-0.3, -0.25) is 4.79 Å². The van der Waals surface area contributed by atoms with E-state index in [-0.39, 0.29) is 5.91 Å². The molecule has 0 spiro atoms. The fourth-order valence-corrected chi connectivity index (χ4v) is 2.90. The fraction of sp³-hybridized carbons (Fsp3) is 0.278. The number of carbonyl (C=O) groups is 1. The number of hydrogen-bond donors (Lipinski definition) is 1. The van der Waals surface area contributed by atoms with E-state index in [2.05, 4.69) is 11.4 Å². The summed E-state index contributed by atoms with van der Waals surface area (Å²) in [6, 6.07) is 7.64. The van der Waals surface area contributed by atoms with Gasteiger partial charge in [-0.2, -0.15) is 0 Å². The Labute approximate surface area is 145 Å². The van der Waals surface area contributed by atoms with Crippen LogP contribution in [0.4, 0.5) is 0 Å². The van der Waals surface area contributed by atoms with Gasteiger partial charge in [0.15, 0.2) is 11.5 Å². The van der Waals surface area contributed by atoms with Crippen molar-refractivity contribution in [2.45, 2.75) is 6.42 Å². The average Bonchev–Trinajstić information content (AvgIpc) is 3.12. The molecule has 2 rings (SSSR count). The van der Waals surface area contributed by atoms with Crippen molar-refractivity contribution >= 4 is 23.3 Å². The minimum absolute atomic E-state index is 0.139. The van der Waals surface area contributed by atoms with E-state index in [1.807, 2.05) is 11.4 Å². The van der Waals surface area contributed by atoms with Gasteiger partial charge in [0, 0.05) is 17.5 Å². The summed E-state index contributed by atoms with van der Waals surface area (Å²) in [5, 5.41) is 4.89. The van der Waals surface area contributed by atoms with Crippen LogP contribution in [0.25, 0.3) is 6.08 Å². The normalized spacial score (nSPS) is 10.6. The summed E-state index contributed by atoms with van der Waals surface area (Å²) in [6.07, 6.45) is 4.04. The predicted octanol–water partition coefficient (Wildman–Crippen LogP) is 3.15. The number of methoxy groups -OCH3 is 3. The Morgan fingerprint density at radius 1 is 1.17 bits per heavy atom. The van der Waals surface area contributed by atoms with Crippen molar-refractivity contribution < 1.29 is 19.0 Å². The zero-order valence-electron chi connectivity index (χ0n) is 14.0. The van der Waals surface area contributed by atoms with E-state index in [1.54, 1.807) is 50.9 Å². The van der Waals surface area contributed by atoms with Gasteiger partial charge in [0.25, 0.3) is 0 Å². The maximum absolute atomic E-state index is 11.9. The highest BCUT2D eigenvalue weighted by Crippen LogP contribution is 2.38. The molecule has 5 nitrogen and oxygen atoms in total. The number of hydrogen-bond acceptors (Lipinski definition) is 5. The summed E-state index contributed by atoms with van der Waals surface area (Å²) in [6.45, 7) is 0.610. The van der Waals surface area contributed by atoms with Crippen LogP contribution in [0.5, 0.6) is 17.2 Å². The third-order valence-corrected chi connectivity index (χ3v) is 4.30. The number of rotatable bonds is 8. The van der Waals surface area contributed by atoms with Gasteiger partial charge in [0.1, 0.15) is 0 Å². The Morgan fingerprint density at radius 2 is 1.88 bits per heavy atom. The number of thiophene rings is 1. The van der Waals surface area contributed by atoms with Crippen molar-refractivity contribution in [3.63, 3.8) is 0 Å². The van der Waals surface area contributed by atoms with Crippen molar-refractivity contribution in [3.05, 3.63) is 46.2 Å². The fourth-order valence-electron chi connectivity index (χ4n) is 2.19. The van der Waals surface area contributed by atoms with E-state index in [0.29, 0.717) is 23.8 Å². The zero-order chi connectivity index (χ0) is 17.4. The van der Waals surface area contributed by atoms with Crippen LogP contribution < -0.4 is 19.5 Å². The number of ether oxygens (including phenoxy) is 3. The maximum atomic E-state index is 11.9. The molecule has 0 aliphatic heterocycles. The third kappa shape index (κ3) is 4.76. The zero-order valence-corrected chi connectivity index (χ0v) is 14.8. The Hall–Kier alpha value is -2.47. The minimum Gasteiger partial charge on any atom is -0.493 e. The van der Waals surface area contributed by atoms with Gasteiger partial charge in [-0.25, -0.2) is 0 Å². The molecular weight excluding hydrogens is 326 g/mol. The summed E-state index contributed by atoms with van der Waals surface area (Å²) in [5.41, 5.74) is 0.790. The largest absolute Gasteiger partial charge is 0.493 e. The first-order valence-corrected chi connectivity index (χ1v) is 8.34. The molecule has 1 aromatic carbocycles. The van der Waals surface area contributed by atoms with Crippen LogP contribution >= 0.6 is 11.3 Å². The summed E-state index contributed by atoms with van der Waals surface area (Å²) >= 11 is 1.69. The summed E-state index contributed by atoms with van der Waals surface area (Å²) in [5.74, 6) is 1.49. The van der Waals surface area contributed by atoms with Crippen LogP contribution in [0.2, 0.25) is 0 Å². The lowest BCUT2D eigenvalue weighted by Crippen LogP contribution is -2.23. The molecule has 1 heterocycles. The van der Waals surface area contributed by atoms with Crippen molar-refractivity contribution in [1.82, 2.24) is 5.32 Å². The molecule has 0 fully saturated rings. The number of carbonyl (C=O) groups excluding carboxylic acids is 1. The number of amides is 1. The van der Waals surface area contributed by atoms with E-state index in [0.717, 1.165) is 12.0 Å². The van der Waals surface area contributed by atoms with Crippen LogP contribution in [0, 0.1) is 0 Å². The monoisotopic (exact) mass is 347 g/mol. The molecule has 24 heavy (non-hydrogen) atoms. The van der Waals surface area contributed by atoms with Crippen LogP contribution in [0.1, 0.15) is 10.4 Å². The van der Waals surface area contributed by atoms with E-state index >= 15 is 0 Å². The van der Waals surface area contributed by atoms with Crippen LogP contribution in [-0.4, -0.2) is 33.8 Å². The maximum Gasteiger partial charge on any atom is 0.244 e. The molecule has 0 aliphatic carbocycles. The second-order valence-corrected chi connectivity index (χ2v) is 5.94. The molecule has 2 aromatic rings. The van der Waals surface area contributed by atoms with Crippen LogP contribution in [-0.2, 0) is 11.2 Å². The molecule has 0 atom stereocenters. The topological polar surface area (TPSA) is 56.8 Å². The molecule has 0 aliphatic rings. The standard InChI is InChI=1S/C18H21NO4S/c1-21-15-11-13(12-16(22-2)18(15)23-3)6-7-17(20)19-9-8-14-5-4-10-24-14/h4-7,10-12H,8-9H2,1-3H3,(H,19,20)/b7-6+. The van der Waals surface area contributed by atoms with E-state index < -0.39 is 0 Å². The molecule has 1 amide bonds. The molecule has 0 saturated heterocycles. The number of nitrogens with one attached hydrogen (secondary N) is 1. The average molecular weight is 347 g/mol. The lowest BCUT2D eigenvalue weighted by Gasteiger charge is -2.12. The molecule has 6 heteroatoms. The van der Waals surface area contributed by atoms with E-state index in [4.69, 9.17) is 14.2 Å². The first-order valence-electron chi connectivity index (χ1n) is 7.46. The predicted molar refractivity (Wildman–Crippen MR) is 96.2 cm³/mol. The van der Waals surface area contributed by atoms with Crippen LogP contribution in [0.15, 0.2) is 35.7 Å². The number of benzene rings is 1. The Balaban J connectivity index is 1.98. The Kier molecular flexibility index (Phi) is 6.69. The quantitative estimate of drug-likeness (QED) is 0.746. The molecule has 0 radical (unpaired) electrons. The highest BCUT2D eigenvalue weighted by atomic mass is 32.1. The molecule has 1 N–H and O–H groups in total. The molecule has 0 bridgehead atoms. The lowest BCUT2D eigenvalue weighted by atomic mass is 10.1. The molecule has 0 saturated carbocycles. The molecule has 1 aromatic heterocycles. The van der Waals surface area contributed by atoms with Gasteiger partial charge in [0.05, 0.1) is 21.3 Å². The summed E-state index contributed by atoms with van der Waals surface area (Å²) in [7, 11) is 4.67. The Bertz CT molecular complexity index is 670. The second kappa shape index (κ2) is 8.98. The van der Waals surface area contributed by atoms with Gasteiger partial charge < -0.3 is 19.5 Å². The molecular formula is C18H21NO4S. The van der Waals surface area contributed by atoms with Crippen molar-refractivity contribution in [3.8, 4) is 17.2 Å². The SMILES string of the molecule is COc1cc(/C=C/C(=O)NCCc2cccs2)cc(OC)c1OC. The molecule has 0 unspecified atom stereocenters. The van der Waals surface area contributed by atoms with Gasteiger partial charge >= 0.3 is 0 Å². The first kappa shape index (κ1) is 17.9. The highest BCUT2D eigenvalue weighted by Gasteiger charge is 2.12. The molecule has 128 valence electrons. The summed E-state index contributed by atoms with van der Waals surface area (Å²) in [4.78, 5) is 13.1. The van der Waals surface area contributed by atoms with Gasteiger partial charge in [-0.05, 0) is 41.6 Å². The van der Waals surface area contributed by atoms with E-state index in [1.165, 1.54) is 11.0 Å². The smallest absolute Gasteiger partial charge is 0.244 e. The Morgan fingerprint density at radius 3 is 2.42 bits per heavy atom. The van der Waals surface area contributed by atoms with Crippen molar-refractivity contribution in [1.29, 1.82) is 0 Å². The van der Waals surface area contributed by atoms with Crippen molar-refractivity contribution in [2.24, 2.45) is 0 Å². The van der Waals surface area contributed by atoms with Gasteiger partial charge in [-0.1, -0.05) is 6.07 Å². The highest BCUT2D eigenvalue weighted by molar-refractivity contribution is 7.09. The lowest BCUT2D eigenvalue weighted by molar-refractivity contribution is -0.116. The van der Waals surface area contributed by atoms with Gasteiger partial charge in [-0.15, -0.1) is 11.3 Å².